The van der Waals surface area contributed by atoms with Crippen LogP contribution in [0.2, 0.25) is 0 Å². The van der Waals surface area contributed by atoms with Crippen LogP contribution >= 0.6 is 0 Å². The van der Waals surface area contributed by atoms with Gasteiger partial charge in [0.2, 0.25) is 0 Å². The maximum absolute atomic E-state index is 12.4. The number of epoxide rings is 1. The quantitative estimate of drug-likeness (QED) is 0.380. The first-order chi connectivity index (χ1) is 5.49. The fourth-order valence-corrected chi connectivity index (χ4v) is 0.486. The summed E-state index contributed by atoms with van der Waals surface area (Å²) in [6, 6.07) is 0. The molecule has 2 unspecified atom stereocenters. The third kappa shape index (κ3) is 3.56. The molecule has 1 saturated heterocycles. The van der Waals surface area contributed by atoms with E-state index in [1.54, 1.807) is 0 Å². The molecule has 2 atom stereocenters. The summed E-state index contributed by atoms with van der Waals surface area (Å²) in [4.78, 5) is 0. The molecule has 70 valence electrons. The summed E-state index contributed by atoms with van der Waals surface area (Å²) in [5.74, 6) is 0. The predicted molar refractivity (Wildman–Crippen MR) is 30.9 cm³/mol. The van der Waals surface area contributed by atoms with Crippen molar-refractivity contribution in [3.8, 4) is 0 Å². The number of allylic oxidation sites excluding steroid dienone is 1. The molecule has 0 radical (unpaired) electrons. The van der Waals surface area contributed by atoms with Gasteiger partial charge in [-0.05, 0) is 0 Å². The Morgan fingerprint density at radius 1 is 1.50 bits per heavy atom. The zero-order valence-corrected chi connectivity index (χ0v) is 5.84. The highest BCUT2D eigenvalue weighted by Crippen LogP contribution is 2.20. The third-order valence-corrected chi connectivity index (χ3v) is 1.12. The second kappa shape index (κ2) is 3.30. The summed E-state index contributed by atoms with van der Waals surface area (Å²) in [6.45, 7) is 0.195. The lowest BCUT2D eigenvalue weighted by atomic mass is 10.5. The fourth-order valence-electron chi connectivity index (χ4n) is 0.486. The van der Waals surface area contributed by atoms with Crippen molar-refractivity contribution < 1.29 is 27.0 Å². The molecule has 1 aliphatic rings. The second-order valence-corrected chi connectivity index (χ2v) is 2.20. The van der Waals surface area contributed by atoms with Gasteiger partial charge in [0.25, 0.3) is 6.36 Å². The summed E-state index contributed by atoms with van der Waals surface area (Å²) < 4.78 is 55.1. The normalized spacial score (nSPS) is 25.8. The Morgan fingerprint density at radius 2 is 2.08 bits per heavy atom. The minimum Gasteiger partial charge on any atom is -0.465 e. The number of alkyl halides is 4. The molecule has 0 aromatic carbocycles. The molecule has 12 heavy (non-hydrogen) atoms. The second-order valence-electron chi connectivity index (χ2n) is 2.20. The van der Waals surface area contributed by atoms with Gasteiger partial charge in [0.05, 0.1) is 18.9 Å². The third-order valence-electron chi connectivity index (χ3n) is 1.12. The molecule has 0 spiro atoms. The van der Waals surface area contributed by atoms with Crippen LogP contribution in [-0.2, 0) is 9.47 Å². The molecule has 1 heterocycles. The highest BCUT2D eigenvalue weighted by molar-refractivity contribution is 4.84. The van der Waals surface area contributed by atoms with Crippen molar-refractivity contribution in [3.05, 3.63) is 12.3 Å². The number of ether oxygens (including phenoxy) is 2. The Labute approximate surface area is 65.8 Å². The van der Waals surface area contributed by atoms with E-state index in [0.29, 0.717) is 0 Å². The lowest BCUT2D eigenvalue weighted by Crippen LogP contribution is -2.11. The molecule has 0 amide bonds. The van der Waals surface area contributed by atoms with Gasteiger partial charge in [-0.1, -0.05) is 0 Å². The van der Waals surface area contributed by atoms with Crippen LogP contribution in [0.5, 0.6) is 0 Å². The highest BCUT2D eigenvalue weighted by Gasteiger charge is 2.34. The van der Waals surface area contributed by atoms with Crippen LogP contribution in [0.4, 0.5) is 17.6 Å². The van der Waals surface area contributed by atoms with Crippen molar-refractivity contribution in [1.82, 2.24) is 0 Å². The number of rotatable bonds is 3. The maximum atomic E-state index is 12.4. The average Bonchev–Trinajstić information content (AvgIpc) is 2.64. The van der Waals surface area contributed by atoms with Gasteiger partial charge in [-0.15, -0.1) is 0 Å². The maximum Gasteiger partial charge on any atom is 0.412 e. The molecule has 0 aromatic heterocycles. The van der Waals surface area contributed by atoms with Crippen LogP contribution in [0.15, 0.2) is 12.3 Å². The minimum atomic E-state index is -4.47. The van der Waals surface area contributed by atoms with Gasteiger partial charge in [0.15, 0.2) is 0 Å². The lowest BCUT2D eigenvalue weighted by Gasteiger charge is -2.03. The molecule has 1 aliphatic heterocycles. The smallest absolute Gasteiger partial charge is 0.412 e. The highest BCUT2D eigenvalue weighted by atomic mass is 19.4. The summed E-state index contributed by atoms with van der Waals surface area (Å²) in [7, 11) is 0. The molecule has 1 fully saturated rings. The Bertz CT molecular complexity index is 173. The molecular formula is C6H6F4O2. The monoisotopic (exact) mass is 186 g/mol. The van der Waals surface area contributed by atoms with Gasteiger partial charge < -0.3 is 9.47 Å². The van der Waals surface area contributed by atoms with Crippen molar-refractivity contribution in [2.24, 2.45) is 0 Å². The van der Waals surface area contributed by atoms with E-state index >= 15 is 0 Å². The van der Waals surface area contributed by atoms with Crippen LogP contribution < -0.4 is 0 Å². The van der Waals surface area contributed by atoms with E-state index in [1.807, 2.05) is 0 Å². The number of hydrogen-bond acceptors (Lipinski definition) is 2. The molecular weight excluding hydrogens is 180 g/mol. The molecule has 0 aromatic rings. The standard InChI is InChI=1S/C6H6F4O2/c7-5(4-3-12-4)11-2-1-6(8,9)10/h1-2,4-5H,3H2. The first-order valence-corrected chi connectivity index (χ1v) is 3.14. The van der Waals surface area contributed by atoms with Crippen LogP contribution in [0.3, 0.4) is 0 Å². The average molecular weight is 186 g/mol. The van der Waals surface area contributed by atoms with E-state index in [0.717, 1.165) is 0 Å². The first kappa shape index (κ1) is 9.31. The van der Waals surface area contributed by atoms with Gasteiger partial charge in [0.1, 0.15) is 6.10 Å². The van der Waals surface area contributed by atoms with Gasteiger partial charge in [-0.3, -0.25) is 0 Å². The van der Waals surface area contributed by atoms with E-state index in [4.69, 9.17) is 0 Å². The van der Waals surface area contributed by atoms with Gasteiger partial charge in [-0.2, -0.15) is 17.6 Å². The summed E-state index contributed by atoms with van der Waals surface area (Å²) in [5.41, 5.74) is 0. The zero-order chi connectivity index (χ0) is 9.19. The van der Waals surface area contributed by atoms with Crippen LogP contribution in [-0.4, -0.2) is 25.2 Å². The molecule has 0 bridgehead atoms. The van der Waals surface area contributed by atoms with Gasteiger partial charge in [-0.25, -0.2) is 0 Å². The van der Waals surface area contributed by atoms with Crippen molar-refractivity contribution in [3.63, 3.8) is 0 Å². The Hall–Kier alpha value is -0.780. The Balaban J connectivity index is 2.19. The van der Waals surface area contributed by atoms with Crippen LogP contribution in [0.1, 0.15) is 0 Å². The largest absolute Gasteiger partial charge is 0.465 e. The van der Waals surface area contributed by atoms with E-state index in [9.17, 15) is 17.6 Å². The van der Waals surface area contributed by atoms with Gasteiger partial charge >= 0.3 is 6.18 Å². The molecule has 6 heteroatoms. The molecule has 0 N–H and O–H groups in total. The minimum absolute atomic E-state index is 0.179. The van der Waals surface area contributed by atoms with Crippen LogP contribution in [0, 0.1) is 0 Å². The number of hydrogen-bond donors (Lipinski definition) is 0. The number of halogens is 4. The fraction of sp³-hybridized carbons (Fsp3) is 0.667. The van der Waals surface area contributed by atoms with Crippen molar-refractivity contribution in [2.45, 2.75) is 18.6 Å². The van der Waals surface area contributed by atoms with E-state index in [2.05, 4.69) is 9.47 Å². The zero-order valence-electron chi connectivity index (χ0n) is 5.84. The van der Waals surface area contributed by atoms with Crippen molar-refractivity contribution >= 4 is 0 Å². The SMILES string of the molecule is FC(OC=CC(F)(F)F)C1CO1. The summed E-state index contributed by atoms with van der Waals surface area (Å²) >= 11 is 0. The van der Waals surface area contributed by atoms with Crippen molar-refractivity contribution in [1.29, 1.82) is 0 Å². The summed E-state index contributed by atoms with van der Waals surface area (Å²) in [5, 5.41) is 0. The lowest BCUT2D eigenvalue weighted by molar-refractivity contribution is -0.0843. The Morgan fingerprint density at radius 3 is 2.50 bits per heavy atom. The van der Waals surface area contributed by atoms with Crippen LogP contribution in [0.25, 0.3) is 0 Å². The van der Waals surface area contributed by atoms with Gasteiger partial charge in [0, 0.05) is 0 Å². The van der Waals surface area contributed by atoms with E-state index in [-0.39, 0.29) is 18.9 Å². The van der Waals surface area contributed by atoms with E-state index < -0.39 is 18.6 Å². The Kier molecular flexibility index (Phi) is 2.56. The predicted octanol–water partition coefficient (Wildman–Crippen LogP) is 1.77. The van der Waals surface area contributed by atoms with Crippen molar-refractivity contribution in [2.75, 3.05) is 6.61 Å². The molecule has 1 rings (SSSR count). The van der Waals surface area contributed by atoms with E-state index in [1.165, 1.54) is 0 Å². The first-order valence-electron chi connectivity index (χ1n) is 3.14. The summed E-state index contributed by atoms with van der Waals surface area (Å²) in [6.07, 6.45) is -6.87. The molecule has 0 aliphatic carbocycles. The molecule has 2 nitrogen and oxygen atoms in total. The molecule has 0 saturated carbocycles. The topological polar surface area (TPSA) is 21.8 Å².